The number of para-hydroxylation sites is 1. The minimum absolute atomic E-state index is 0.926. The normalized spacial score (nSPS) is 14.2. The van der Waals surface area contributed by atoms with Crippen molar-refractivity contribution >= 4 is 29.0 Å². The van der Waals surface area contributed by atoms with E-state index in [1.165, 1.54) is 4.90 Å². The summed E-state index contributed by atoms with van der Waals surface area (Å²) in [6.07, 6.45) is 3.03. The maximum absolute atomic E-state index is 4.63. The molecule has 0 bridgehead atoms. The number of thioether (sulfide) groups is 1. The van der Waals surface area contributed by atoms with Gasteiger partial charge in [-0.2, -0.15) is 5.10 Å². The van der Waals surface area contributed by atoms with E-state index in [4.69, 9.17) is 0 Å². The van der Waals surface area contributed by atoms with Crippen molar-refractivity contribution in [3.8, 4) is 0 Å². The standard InChI is InChI=1S/C16H17N3S/c1-20-15-9-7-13(8-10-15)17-16-11-12-19(18-16)14-5-3-2-4-6-14/h2-10H,11-12H2,1H3,(H,17,18). The lowest BCUT2D eigenvalue weighted by molar-refractivity contribution is 0.922. The average Bonchev–Trinajstić information content (AvgIpc) is 2.97. The van der Waals surface area contributed by atoms with Crippen molar-refractivity contribution in [3.63, 3.8) is 0 Å². The van der Waals surface area contributed by atoms with Gasteiger partial charge in [0.15, 0.2) is 0 Å². The molecule has 0 amide bonds. The Morgan fingerprint density at radius 2 is 1.80 bits per heavy atom. The molecule has 1 heterocycles. The van der Waals surface area contributed by atoms with Crippen LogP contribution in [0.2, 0.25) is 0 Å². The van der Waals surface area contributed by atoms with Gasteiger partial charge in [0.2, 0.25) is 0 Å². The number of hydrogen-bond acceptors (Lipinski definition) is 4. The molecule has 1 N–H and O–H groups in total. The van der Waals surface area contributed by atoms with Gasteiger partial charge in [0, 0.05) is 23.5 Å². The summed E-state index contributed by atoms with van der Waals surface area (Å²) >= 11 is 1.75. The molecule has 0 aliphatic carbocycles. The van der Waals surface area contributed by atoms with Crippen molar-refractivity contribution in [2.75, 3.05) is 23.1 Å². The van der Waals surface area contributed by atoms with Gasteiger partial charge in [0.1, 0.15) is 5.84 Å². The molecule has 0 saturated heterocycles. The average molecular weight is 283 g/mol. The van der Waals surface area contributed by atoms with Crippen molar-refractivity contribution in [3.05, 3.63) is 54.6 Å². The van der Waals surface area contributed by atoms with Crippen LogP contribution < -0.4 is 10.3 Å². The van der Waals surface area contributed by atoms with E-state index in [2.05, 4.69) is 53.1 Å². The van der Waals surface area contributed by atoms with Crippen LogP contribution in [0.3, 0.4) is 0 Å². The molecule has 102 valence electrons. The first-order valence-electron chi connectivity index (χ1n) is 6.66. The molecule has 0 aromatic heterocycles. The summed E-state index contributed by atoms with van der Waals surface area (Å²) in [6.45, 7) is 0.926. The predicted octanol–water partition coefficient (Wildman–Crippen LogP) is 4.04. The monoisotopic (exact) mass is 283 g/mol. The summed E-state index contributed by atoms with van der Waals surface area (Å²) in [4.78, 5) is 1.27. The Labute approximate surface area is 123 Å². The van der Waals surface area contributed by atoms with Gasteiger partial charge in [0.05, 0.1) is 5.69 Å². The zero-order valence-corrected chi connectivity index (χ0v) is 12.2. The first-order valence-corrected chi connectivity index (χ1v) is 7.89. The Balaban J connectivity index is 1.69. The molecular weight excluding hydrogens is 266 g/mol. The van der Waals surface area contributed by atoms with E-state index in [1.54, 1.807) is 11.8 Å². The first kappa shape index (κ1) is 13.1. The topological polar surface area (TPSA) is 27.6 Å². The lowest BCUT2D eigenvalue weighted by atomic mass is 10.3. The largest absolute Gasteiger partial charge is 0.342 e. The van der Waals surface area contributed by atoms with E-state index < -0.39 is 0 Å². The van der Waals surface area contributed by atoms with Crippen molar-refractivity contribution in [2.24, 2.45) is 5.10 Å². The number of amidine groups is 1. The van der Waals surface area contributed by atoms with Crippen LogP contribution in [0.5, 0.6) is 0 Å². The van der Waals surface area contributed by atoms with Crippen molar-refractivity contribution in [1.82, 2.24) is 0 Å². The summed E-state index contributed by atoms with van der Waals surface area (Å²) in [6, 6.07) is 18.7. The van der Waals surface area contributed by atoms with E-state index in [0.717, 1.165) is 30.2 Å². The minimum Gasteiger partial charge on any atom is -0.342 e. The number of hydrazone groups is 1. The highest BCUT2D eigenvalue weighted by Gasteiger charge is 2.15. The second-order valence-corrected chi connectivity index (χ2v) is 5.49. The fourth-order valence-corrected chi connectivity index (χ4v) is 2.58. The third kappa shape index (κ3) is 2.96. The van der Waals surface area contributed by atoms with Gasteiger partial charge >= 0.3 is 0 Å². The number of nitrogens with zero attached hydrogens (tertiary/aromatic N) is 2. The van der Waals surface area contributed by atoms with Gasteiger partial charge in [0.25, 0.3) is 0 Å². The second-order valence-electron chi connectivity index (χ2n) is 4.61. The Kier molecular flexibility index (Phi) is 3.92. The van der Waals surface area contributed by atoms with Gasteiger partial charge in [-0.05, 0) is 42.7 Å². The number of hydrogen-bond donors (Lipinski definition) is 1. The number of rotatable bonds is 3. The van der Waals surface area contributed by atoms with Crippen LogP contribution in [0.4, 0.5) is 11.4 Å². The molecule has 1 aliphatic heterocycles. The summed E-state index contributed by atoms with van der Waals surface area (Å²) in [7, 11) is 0. The molecule has 3 rings (SSSR count). The highest BCUT2D eigenvalue weighted by molar-refractivity contribution is 7.98. The molecular formula is C16H17N3S. The maximum Gasteiger partial charge on any atom is 0.129 e. The molecule has 4 heteroatoms. The fourth-order valence-electron chi connectivity index (χ4n) is 2.17. The highest BCUT2D eigenvalue weighted by Crippen LogP contribution is 2.21. The van der Waals surface area contributed by atoms with E-state index in [-0.39, 0.29) is 0 Å². The zero-order chi connectivity index (χ0) is 13.8. The van der Waals surface area contributed by atoms with Crippen LogP contribution in [0, 0.1) is 0 Å². The molecule has 3 nitrogen and oxygen atoms in total. The predicted molar refractivity (Wildman–Crippen MR) is 87.7 cm³/mol. The van der Waals surface area contributed by atoms with E-state index in [0.29, 0.717) is 0 Å². The van der Waals surface area contributed by atoms with Crippen molar-refractivity contribution < 1.29 is 0 Å². The van der Waals surface area contributed by atoms with Crippen LogP contribution >= 0.6 is 11.8 Å². The molecule has 0 atom stereocenters. The second kappa shape index (κ2) is 6.01. The Morgan fingerprint density at radius 1 is 1.05 bits per heavy atom. The van der Waals surface area contributed by atoms with Crippen LogP contribution in [-0.2, 0) is 0 Å². The fraction of sp³-hybridized carbons (Fsp3) is 0.188. The zero-order valence-electron chi connectivity index (χ0n) is 11.4. The van der Waals surface area contributed by atoms with Gasteiger partial charge in [-0.15, -0.1) is 11.8 Å². The highest BCUT2D eigenvalue weighted by atomic mass is 32.2. The molecule has 0 saturated carbocycles. The maximum atomic E-state index is 4.63. The number of nitrogens with one attached hydrogen (secondary N) is 1. The molecule has 0 spiro atoms. The summed E-state index contributed by atoms with van der Waals surface area (Å²) in [5.74, 6) is 1.02. The number of benzene rings is 2. The molecule has 0 radical (unpaired) electrons. The van der Waals surface area contributed by atoms with Crippen LogP contribution in [0.1, 0.15) is 6.42 Å². The smallest absolute Gasteiger partial charge is 0.129 e. The Bertz CT molecular complexity index is 593. The third-order valence-electron chi connectivity index (χ3n) is 3.23. The van der Waals surface area contributed by atoms with Gasteiger partial charge in [-0.3, -0.25) is 5.01 Å². The SMILES string of the molecule is CSc1ccc(NC2=NN(c3ccccc3)CC2)cc1. The van der Waals surface area contributed by atoms with Crippen LogP contribution in [-0.4, -0.2) is 18.6 Å². The molecule has 1 aliphatic rings. The molecule has 20 heavy (non-hydrogen) atoms. The lowest BCUT2D eigenvalue weighted by Gasteiger charge is -2.12. The van der Waals surface area contributed by atoms with Gasteiger partial charge < -0.3 is 5.32 Å². The van der Waals surface area contributed by atoms with E-state index in [9.17, 15) is 0 Å². The molecule has 2 aromatic carbocycles. The van der Waals surface area contributed by atoms with Gasteiger partial charge in [-0.25, -0.2) is 0 Å². The third-order valence-corrected chi connectivity index (χ3v) is 3.98. The minimum atomic E-state index is 0.926. The summed E-state index contributed by atoms with van der Waals surface area (Å²) < 4.78 is 0. The summed E-state index contributed by atoms with van der Waals surface area (Å²) in [5.41, 5.74) is 2.23. The van der Waals surface area contributed by atoms with E-state index >= 15 is 0 Å². The Hall–Kier alpha value is -1.94. The van der Waals surface area contributed by atoms with Crippen LogP contribution in [0.15, 0.2) is 64.6 Å². The quantitative estimate of drug-likeness (QED) is 0.861. The molecule has 0 unspecified atom stereocenters. The van der Waals surface area contributed by atoms with Crippen molar-refractivity contribution in [2.45, 2.75) is 11.3 Å². The molecule has 2 aromatic rings. The lowest BCUT2D eigenvalue weighted by Crippen LogP contribution is -2.11. The number of anilines is 2. The Morgan fingerprint density at radius 3 is 2.50 bits per heavy atom. The first-order chi connectivity index (χ1) is 9.85. The summed E-state index contributed by atoms with van der Waals surface area (Å²) in [5, 5.41) is 10.1. The van der Waals surface area contributed by atoms with Crippen LogP contribution in [0.25, 0.3) is 0 Å². The van der Waals surface area contributed by atoms with Crippen molar-refractivity contribution in [1.29, 1.82) is 0 Å². The van der Waals surface area contributed by atoms with E-state index in [1.807, 2.05) is 23.2 Å². The molecule has 0 fully saturated rings. The van der Waals surface area contributed by atoms with Gasteiger partial charge in [-0.1, -0.05) is 18.2 Å².